The second kappa shape index (κ2) is 22.5. The molecule has 0 radical (unpaired) electrons. The number of carbonyl (C=O) groups excluding carboxylic acids is 1. The molecule has 42 heavy (non-hydrogen) atoms. The molecule has 1 fully saturated rings. The number of hydrogen-bond acceptors (Lipinski definition) is 7. The molecule has 0 aliphatic carbocycles. The summed E-state index contributed by atoms with van der Waals surface area (Å²) in [6, 6.07) is 0. The summed E-state index contributed by atoms with van der Waals surface area (Å²) in [5.74, 6) is -0.295. The van der Waals surface area contributed by atoms with Crippen molar-refractivity contribution in [3.05, 3.63) is 11.6 Å². The molecule has 246 valence electrons. The summed E-state index contributed by atoms with van der Waals surface area (Å²) < 4.78 is 11.2. The molecule has 2 aliphatic rings. The molecular formula is C35H64O7. The predicted octanol–water partition coefficient (Wildman–Crippen LogP) is 7.06. The Hall–Kier alpha value is -0.990. The smallest absolute Gasteiger partial charge is 0.334 e. The topological polar surface area (TPSA) is 116 Å². The van der Waals surface area contributed by atoms with Gasteiger partial charge < -0.3 is 29.9 Å². The van der Waals surface area contributed by atoms with Crippen LogP contribution >= 0.6 is 0 Å². The normalized spacial score (nSPS) is 23.5. The zero-order valence-corrected chi connectivity index (χ0v) is 26.9. The van der Waals surface area contributed by atoms with Crippen LogP contribution in [-0.4, -0.2) is 69.1 Å². The van der Waals surface area contributed by atoms with Gasteiger partial charge in [-0.3, -0.25) is 0 Å². The molecule has 0 saturated carbocycles. The number of unbranched alkanes of at least 4 members (excludes halogenated alkanes) is 13. The van der Waals surface area contributed by atoms with E-state index in [0.717, 1.165) is 64.2 Å². The average Bonchev–Trinajstić information content (AvgIpc) is 3.57. The Morgan fingerprint density at radius 3 is 1.93 bits per heavy atom. The van der Waals surface area contributed by atoms with Crippen LogP contribution in [0.1, 0.15) is 162 Å². The van der Waals surface area contributed by atoms with Gasteiger partial charge in [-0.15, -0.1) is 0 Å². The zero-order chi connectivity index (χ0) is 30.6. The van der Waals surface area contributed by atoms with Crippen LogP contribution in [-0.2, 0) is 14.3 Å². The fourth-order valence-electron chi connectivity index (χ4n) is 6.40. The van der Waals surface area contributed by atoms with E-state index in [1.54, 1.807) is 6.08 Å². The van der Waals surface area contributed by atoms with Gasteiger partial charge in [-0.25, -0.2) is 4.79 Å². The van der Waals surface area contributed by atoms with E-state index in [9.17, 15) is 25.2 Å². The van der Waals surface area contributed by atoms with Gasteiger partial charge in [0.1, 0.15) is 6.10 Å². The molecule has 0 bridgehead atoms. The Kier molecular flexibility index (Phi) is 19.9. The monoisotopic (exact) mass is 596 g/mol. The summed E-state index contributed by atoms with van der Waals surface area (Å²) in [7, 11) is 0. The van der Waals surface area contributed by atoms with Crippen molar-refractivity contribution in [2.75, 3.05) is 0 Å². The van der Waals surface area contributed by atoms with Crippen LogP contribution in [0, 0.1) is 0 Å². The number of hydrogen-bond donors (Lipinski definition) is 4. The van der Waals surface area contributed by atoms with E-state index in [0.29, 0.717) is 37.7 Å². The van der Waals surface area contributed by atoms with E-state index >= 15 is 0 Å². The highest BCUT2D eigenvalue weighted by Crippen LogP contribution is 2.28. The van der Waals surface area contributed by atoms with Crippen LogP contribution in [0.5, 0.6) is 0 Å². The second-order valence-corrected chi connectivity index (χ2v) is 13.1. The summed E-state index contributed by atoms with van der Waals surface area (Å²) in [6.07, 6.45) is 22.4. The van der Waals surface area contributed by atoms with Crippen molar-refractivity contribution in [3.63, 3.8) is 0 Å². The molecule has 0 aromatic heterocycles. The van der Waals surface area contributed by atoms with Gasteiger partial charge in [-0.2, -0.15) is 0 Å². The van der Waals surface area contributed by atoms with Crippen LogP contribution < -0.4 is 0 Å². The lowest BCUT2D eigenvalue weighted by atomic mass is 9.97. The third kappa shape index (κ3) is 16.2. The van der Waals surface area contributed by atoms with Gasteiger partial charge in [0, 0.05) is 12.0 Å². The van der Waals surface area contributed by atoms with E-state index in [1.807, 2.05) is 6.92 Å². The third-order valence-corrected chi connectivity index (χ3v) is 9.14. The number of cyclic esters (lactones) is 1. The number of aliphatic hydroxyl groups excluding tert-OH is 4. The maximum Gasteiger partial charge on any atom is 0.334 e. The van der Waals surface area contributed by atoms with Gasteiger partial charge in [0.25, 0.3) is 0 Å². The molecular weight excluding hydrogens is 532 g/mol. The highest BCUT2D eigenvalue weighted by Gasteiger charge is 2.31. The lowest BCUT2D eigenvalue weighted by molar-refractivity contribution is -0.139. The standard InChI is InChI=1S/C35H64O7/c1-3-4-5-6-7-8-9-10-14-17-20-31(37)32(38)22-23-33(39)34-24-21-30(42-34)19-16-13-11-12-15-18-29(36)26-28-25-27(2)41-35(28)40/h25,27,29-34,36-39H,3-24,26H2,1-2H3/t27-,29+,30-,31-,32+,33-,34-/m0/s1. The maximum absolute atomic E-state index is 11.7. The molecule has 7 nitrogen and oxygen atoms in total. The minimum absolute atomic E-state index is 0.168. The lowest BCUT2D eigenvalue weighted by Gasteiger charge is -2.22. The molecule has 2 rings (SSSR count). The predicted molar refractivity (Wildman–Crippen MR) is 168 cm³/mol. The first-order valence-electron chi connectivity index (χ1n) is 17.6. The van der Waals surface area contributed by atoms with Gasteiger partial charge in [-0.1, -0.05) is 103 Å². The SMILES string of the molecule is CCCCCCCCCCCC[C@H](O)[C@H](O)CC[C@H](O)[C@@H]1CC[C@H](CCCCCCC[C@@H](O)CC2=C[C@H](C)OC2=O)O1. The Bertz CT molecular complexity index is 726. The fourth-order valence-corrected chi connectivity index (χ4v) is 6.40. The number of rotatable bonds is 26. The molecule has 0 amide bonds. The van der Waals surface area contributed by atoms with Gasteiger partial charge >= 0.3 is 5.97 Å². The van der Waals surface area contributed by atoms with E-state index in [-0.39, 0.29) is 24.3 Å². The highest BCUT2D eigenvalue weighted by atomic mass is 16.5. The van der Waals surface area contributed by atoms with Crippen molar-refractivity contribution < 1.29 is 34.7 Å². The first kappa shape index (κ1) is 37.2. The van der Waals surface area contributed by atoms with Crippen LogP contribution in [0.3, 0.4) is 0 Å². The molecule has 2 aliphatic heterocycles. The van der Waals surface area contributed by atoms with Crippen molar-refractivity contribution in [2.45, 2.75) is 204 Å². The van der Waals surface area contributed by atoms with E-state index in [1.165, 1.54) is 51.4 Å². The summed E-state index contributed by atoms with van der Waals surface area (Å²) >= 11 is 0. The van der Waals surface area contributed by atoms with Crippen molar-refractivity contribution in [2.24, 2.45) is 0 Å². The molecule has 4 N–H and O–H groups in total. The average molecular weight is 597 g/mol. The molecule has 0 spiro atoms. The van der Waals surface area contributed by atoms with Gasteiger partial charge in [0.05, 0.1) is 36.6 Å². The van der Waals surface area contributed by atoms with Crippen LogP contribution in [0.2, 0.25) is 0 Å². The van der Waals surface area contributed by atoms with Crippen LogP contribution in [0.4, 0.5) is 0 Å². The number of aliphatic hydroxyl groups is 4. The maximum atomic E-state index is 11.7. The third-order valence-electron chi connectivity index (χ3n) is 9.14. The Balaban J connectivity index is 1.42. The van der Waals surface area contributed by atoms with E-state index in [4.69, 9.17) is 9.47 Å². The molecule has 2 heterocycles. The molecule has 1 saturated heterocycles. The van der Waals surface area contributed by atoms with Gasteiger partial charge in [-0.05, 0) is 57.9 Å². The Morgan fingerprint density at radius 1 is 0.738 bits per heavy atom. The van der Waals surface area contributed by atoms with E-state index in [2.05, 4.69) is 6.92 Å². The minimum atomic E-state index is -0.781. The quantitative estimate of drug-likeness (QED) is 0.0624. The number of esters is 1. The van der Waals surface area contributed by atoms with Crippen molar-refractivity contribution in [1.29, 1.82) is 0 Å². The Labute approximate surface area is 256 Å². The summed E-state index contributed by atoms with van der Waals surface area (Å²) in [5, 5.41) is 41.6. The fraction of sp³-hybridized carbons (Fsp3) is 0.914. The lowest BCUT2D eigenvalue weighted by Crippen LogP contribution is -2.31. The molecule has 7 atom stereocenters. The molecule has 7 heteroatoms. The van der Waals surface area contributed by atoms with Crippen molar-refractivity contribution in [3.8, 4) is 0 Å². The van der Waals surface area contributed by atoms with Gasteiger partial charge in [0.15, 0.2) is 0 Å². The van der Waals surface area contributed by atoms with Crippen molar-refractivity contribution >= 4 is 5.97 Å². The van der Waals surface area contributed by atoms with Crippen molar-refractivity contribution in [1.82, 2.24) is 0 Å². The van der Waals surface area contributed by atoms with Crippen LogP contribution in [0.25, 0.3) is 0 Å². The van der Waals surface area contributed by atoms with Gasteiger partial charge in [0.2, 0.25) is 0 Å². The first-order chi connectivity index (χ1) is 20.3. The Morgan fingerprint density at radius 2 is 1.31 bits per heavy atom. The molecule has 0 aromatic rings. The largest absolute Gasteiger partial charge is 0.455 e. The second-order valence-electron chi connectivity index (χ2n) is 13.1. The number of ether oxygens (including phenoxy) is 2. The van der Waals surface area contributed by atoms with Crippen LogP contribution in [0.15, 0.2) is 11.6 Å². The summed E-state index contributed by atoms with van der Waals surface area (Å²) in [5.41, 5.74) is 0.600. The highest BCUT2D eigenvalue weighted by molar-refractivity contribution is 5.90. The van der Waals surface area contributed by atoms with E-state index < -0.39 is 24.4 Å². The molecule has 0 unspecified atom stereocenters. The summed E-state index contributed by atoms with van der Waals surface area (Å²) in [4.78, 5) is 11.7. The summed E-state index contributed by atoms with van der Waals surface area (Å²) in [6.45, 7) is 4.07. The minimum Gasteiger partial charge on any atom is -0.455 e. The molecule has 0 aromatic carbocycles. The first-order valence-corrected chi connectivity index (χ1v) is 17.6. The number of carbonyl (C=O) groups is 1. The zero-order valence-electron chi connectivity index (χ0n) is 26.9.